The van der Waals surface area contributed by atoms with Gasteiger partial charge >= 0.3 is 0 Å². The van der Waals surface area contributed by atoms with E-state index in [1.807, 2.05) is 0 Å². The van der Waals surface area contributed by atoms with Crippen molar-refractivity contribution in [1.82, 2.24) is 10.2 Å². The van der Waals surface area contributed by atoms with Crippen LogP contribution in [0.3, 0.4) is 0 Å². The third-order valence-corrected chi connectivity index (χ3v) is 3.75. The second-order valence-corrected chi connectivity index (χ2v) is 5.95. The fraction of sp³-hybridized carbons (Fsp3) is 1.00. The number of hydrogen-bond donors (Lipinski definition) is 1. The highest BCUT2D eigenvalue weighted by molar-refractivity contribution is 4.77. The van der Waals surface area contributed by atoms with Crippen LogP contribution in [0.1, 0.15) is 47.0 Å². The molecule has 0 aliphatic carbocycles. The molecular weight excluding hydrogens is 196 g/mol. The number of rotatable bonds is 6. The highest BCUT2D eigenvalue weighted by atomic mass is 15.2. The van der Waals surface area contributed by atoms with Crippen molar-refractivity contribution in [2.75, 3.05) is 26.2 Å². The second kappa shape index (κ2) is 7.29. The van der Waals surface area contributed by atoms with Crippen LogP contribution in [0, 0.1) is 11.8 Å². The van der Waals surface area contributed by atoms with Gasteiger partial charge in [0.25, 0.3) is 0 Å². The van der Waals surface area contributed by atoms with Gasteiger partial charge in [0.2, 0.25) is 0 Å². The zero-order chi connectivity index (χ0) is 12.0. The summed E-state index contributed by atoms with van der Waals surface area (Å²) in [5.41, 5.74) is 0. The first kappa shape index (κ1) is 14.0. The maximum absolute atomic E-state index is 3.55. The molecule has 96 valence electrons. The van der Waals surface area contributed by atoms with E-state index < -0.39 is 0 Å². The van der Waals surface area contributed by atoms with Gasteiger partial charge in [-0.2, -0.15) is 0 Å². The molecule has 0 saturated carbocycles. The van der Waals surface area contributed by atoms with Crippen molar-refractivity contribution in [3.63, 3.8) is 0 Å². The highest BCUT2D eigenvalue weighted by Gasteiger charge is 2.21. The summed E-state index contributed by atoms with van der Waals surface area (Å²) in [6, 6.07) is 0.788. The Kier molecular flexibility index (Phi) is 6.37. The van der Waals surface area contributed by atoms with Gasteiger partial charge < -0.3 is 5.32 Å². The third kappa shape index (κ3) is 5.31. The number of hydrogen-bond acceptors (Lipinski definition) is 2. The summed E-state index contributed by atoms with van der Waals surface area (Å²) < 4.78 is 0. The van der Waals surface area contributed by atoms with Crippen LogP contribution in [0.5, 0.6) is 0 Å². The Morgan fingerprint density at radius 3 is 2.62 bits per heavy atom. The lowest BCUT2D eigenvalue weighted by molar-refractivity contribution is 0.130. The Hall–Kier alpha value is -0.0800. The fourth-order valence-corrected chi connectivity index (χ4v) is 2.53. The molecule has 1 aliphatic rings. The summed E-state index contributed by atoms with van der Waals surface area (Å²) >= 11 is 0. The van der Waals surface area contributed by atoms with Crippen LogP contribution in [0.25, 0.3) is 0 Å². The minimum atomic E-state index is 0.788. The van der Waals surface area contributed by atoms with Crippen molar-refractivity contribution in [2.45, 2.75) is 53.0 Å². The second-order valence-electron chi connectivity index (χ2n) is 5.95. The number of piperidine rings is 1. The SMILES string of the molecule is CC(C)CCNCCN1CCC(C)CC1C. The Morgan fingerprint density at radius 2 is 2.00 bits per heavy atom. The quantitative estimate of drug-likeness (QED) is 0.701. The van der Waals surface area contributed by atoms with E-state index in [0.29, 0.717) is 0 Å². The summed E-state index contributed by atoms with van der Waals surface area (Å²) in [5, 5.41) is 3.55. The maximum atomic E-state index is 3.55. The molecule has 0 aromatic rings. The summed E-state index contributed by atoms with van der Waals surface area (Å²) in [6.45, 7) is 14.2. The van der Waals surface area contributed by atoms with E-state index in [1.54, 1.807) is 0 Å². The molecule has 1 N–H and O–H groups in total. The Labute approximate surface area is 102 Å². The van der Waals surface area contributed by atoms with Gasteiger partial charge in [-0.25, -0.2) is 0 Å². The minimum Gasteiger partial charge on any atom is -0.315 e. The van der Waals surface area contributed by atoms with E-state index in [9.17, 15) is 0 Å². The van der Waals surface area contributed by atoms with E-state index in [4.69, 9.17) is 0 Å². The molecule has 0 bridgehead atoms. The van der Waals surface area contributed by atoms with Crippen LogP contribution in [0.2, 0.25) is 0 Å². The third-order valence-electron chi connectivity index (χ3n) is 3.75. The summed E-state index contributed by atoms with van der Waals surface area (Å²) in [4.78, 5) is 2.64. The van der Waals surface area contributed by atoms with Gasteiger partial charge in [-0.05, 0) is 51.1 Å². The molecular formula is C14H30N2. The summed E-state index contributed by atoms with van der Waals surface area (Å²) in [5.74, 6) is 1.75. The van der Waals surface area contributed by atoms with Crippen LogP contribution >= 0.6 is 0 Å². The number of nitrogens with zero attached hydrogens (tertiary/aromatic N) is 1. The van der Waals surface area contributed by atoms with E-state index in [-0.39, 0.29) is 0 Å². The van der Waals surface area contributed by atoms with Crippen LogP contribution < -0.4 is 5.32 Å². The lowest BCUT2D eigenvalue weighted by Gasteiger charge is -2.36. The Bertz CT molecular complexity index is 180. The first-order valence-corrected chi connectivity index (χ1v) is 7.04. The van der Waals surface area contributed by atoms with Crippen molar-refractivity contribution >= 4 is 0 Å². The normalized spacial score (nSPS) is 27.6. The lowest BCUT2D eigenvalue weighted by atomic mass is 9.93. The smallest absolute Gasteiger partial charge is 0.0110 e. The van der Waals surface area contributed by atoms with Crippen LogP contribution in [-0.4, -0.2) is 37.1 Å². The van der Waals surface area contributed by atoms with Crippen molar-refractivity contribution in [2.24, 2.45) is 11.8 Å². The zero-order valence-corrected chi connectivity index (χ0v) is 11.6. The molecule has 16 heavy (non-hydrogen) atoms. The van der Waals surface area contributed by atoms with E-state index in [1.165, 1.54) is 38.9 Å². The molecule has 0 aromatic heterocycles. The zero-order valence-electron chi connectivity index (χ0n) is 11.6. The predicted octanol–water partition coefficient (Wildman–Crippen LogP) is 2.74. The first-order valence-electron chi connectivity index (χ1n) is 7.04. The molecule has 2 heteroatoms. The molecule has 1 aliphatic heterocycles. The predicted molar refractivity (Wildman–Crippen MR) is 71.8 cm³/mol. The van der Waals surface area contributed by atoms with Gasteiger partial charge in [-0.15, -0.1) is 0 Å². The highest BCUT2D eigenvalue weighted by Crippen LogP contribution is 2.21. The average molecular weight is 226 g/mol. The van der Waals surface area contributed by atoms with Gasteiger partial charge in [0, 0.05) is 19.1 Å². The van der Waals surface area contributed by atoms with Gasteiger partial charge in [-0.1, -0.05) is 20.8 Å². The number of likely N-dealkylation sites (tertiary alicyclic amines) is 1. The average Bonchev–Trinajstić information content (AvgIpc) is 2.20. The topological polar surface area (TPSA) is 15.3 Å². The van der Waals surface area contributed by atoms with Gasteiger partial charge in [0.15, 0.2) is 0 Å². The summed E-state index contributed by atoms with van der Waals surface area (Å²) in [7, 11) is 0. The van der Waals surface area contributed by atoms with Crippen molar-refractivity contribution in [3.05, 3.63) is 0 Å². The van der Waals surface area contributed by atoms with Crippen LogP contribution in [-0.2, 0) is 0 Å². The molecule has 1 saturated heterocycles. The van der Waals surface area contributed by atoms with E-state index in [2.05, 4.69) is 37.9 Å². The fourth-order valence-electron chi connectivity index (χ4n) is 2.53. The summed E-state index contributed by atoms with van der Waals surface area (Å²) in [6.07, 6.45) is 4.06. The Balaban J connectivity index is 2.04. The molecule has 1 rings (SSSR count). The van der Waals surface area contributed by atoms with Gasteiger partial charge in [0.1, 0.15) is 0 Å². The molecule has 2 nitrogen and oxygen atoms in total. The van der Waals surface area contributed by atoms with E-state index in [0.717, 1.165) is 24.4 Å². The molecule has 1 heterocycles. The Morgan fingerprint density at radius 1 is 1.25 bits per heavy atom. The van der Waals surface area contributed by atoms with Crippen LogP contribution in [0.15, 0.2) is 0 Å². The first-order chi connectivity index (χ1) is 7.59. The lowest BCUT2D eigenvalue weighted by Crippen LogP contribution is -2.43. The minimum absolute atomic E-state index is 0.788. The molecule has 2 unspecified atom stereocenters. The molecule has 0 amide bonds. The molecule has 0 aromatic carbocycles. The van der Waals surface area contributed by atoms with Crippen molar-refractivity contribution in [3.8, 4) is 0 Å². The molecule has 0 radical (unpaired) electrons. The standard InChI is InChI=1S/C14H30N2/c1-12(2)5-7-15-8-10-16-9-6-13(3)11-14(16)4/h12-15H,5-11H2,1-4H3. The maximum Gasteiger partial charge on any atom is 0.0110 e. The van der Waals surface area contributed by atoms with Gasteiger partial charge in [0.05, 0.1) is 0 Å². The van der Waals surface area contributed by atoms with Gasteiger partial charge in [-0.3, -0.25) is 4.90 Å². The monoisotopic (exact) mass is 226 g/mol. The van der Waals surface area contributed by atoms with Crippen LogP contribution in [0.4, 0.5) is 0 Å². The largest absolute Gasteiger partial charge is 0.315 e. The molecule has 1 fully saturated rings. The molecule has 2 atom stereocenters. The number of nitrogens with one attached hydrogen (secondary N) is 1. The van der Waals surface area contributed by atoms with Crippen molar-refractivity contribution < 1.29 is 0 Å². The van der Waals surface area contributed by atoms with Crippen molar-refractivity contribution in [1.29, 1.82) is 0 Å². The molecule has 0 spiro atoms. The van der Waals surface area contributed by atoms with E-state index >= 15 is 0 Å².